The van der Waals surface area contributed by atoms with Crippen molar-refractivity contribution in [2.24, 2.45) is 0 Å². The Kier molecular flexibility index (Phi) is 6.11. The lowest BCUT2D eigenvalue weighted by Crippen LogP contribution is -2.40. The molecule has 27 heavy (non-hydrogen) atoms. The van der Waals surface area contributed by atoms with E-state index < -0.39 is 15.9 Å². The number of amides is 1. The maximum absolute atomic E-state index is 12.9. The van der Waals surface area contributed by atoms with Gasteiger partial charge in [0.1, 0.15) is 5.82 Å². The normalized spacial score (nSPS) is 15.5. The molecule has 0 saturated carbocycles. The SMILES string of the molecule is O=C(NCc1ccc(F)cc1)c1cc(S(=O)(=O)N2CCOCC2)ccc1Cl. The lowest BCUT2D eigenvalue weighted by molar-refractivity contribution is 0.0730. The van der Waals surface area contributed by atoms with Crippen LogP contribution in [0.1, 0.15) is 15.9 Å². The van der Waals surface area contributed by atoms with E-state index in [1.165, 1.54) is 34.6 Å². The number of hydrogen-bond donors (Lipinski definition) is 1. The lowest BCUT2D eigenvalue weighted by Gasteiger charge is -2.26. The fourth-order valence-corrected chi connectivity index (χ4v) is 4.29. The van der Waals surface area contributed by atoms with Gasteiger partial charge in [-0.2, -0.15) is 4.31 Å². The summed E-state index contributed by atoms with van der Waals surface area (Å²) in [6.07, 6.45) is 0. The largest absolute Gasteiger partial charge is 0.379 e. The fraction of sp³-hybridized carbons (Fsp3) is 0.278. The molecule has 0 unspecified atom stereocenters. The second-order valence-electron chi connectivity index (χ2n) is 5.97. The third-order valence-corrected chi connectivity index (χ3v) is 6.38. The maximum atomic E-state index is 12.9. The maximum Gasteiger partial charge on any atom is 0.253 e. The van der Waals surface area contributed by atoms with Crippen LogP contribution in [0, 0.1) is 5.82 Å². The van der Waals surface area contributed by atoms with E-state index in [9.17, 15) is 17.6 Å². The van der Waals surface area contributed by atoms with Gasteiger partial charge in [0.25, 0.3) is 5.91 Å². The summed E-state index contributed by atoms with van der Waals surface area (Å²) in [6, 6.07) is 9.74. The average Bonchev–Trinajstić information content (AvgIpc) is 2.68. The van der Waals surface area contributed by atoms with Crippen molar-refractivity contribution < 1.29 is 22.3 Å². The minimum Gasteiger partial charge on any atom is -0.379 e. The predicted octanol–water partition coefficient (Wildman–Crippen LogP) is 2.43. The standard InChI is InChI=1S/C18H18ClFN2O4S/c19-17-6-5-15(27(24,25)22-7-9-26-10-8-22)11-16(17)18(23)21-12-13-1-3-14(20)4-2-13/h1-6,11H,7-10,12H2,(H,21,23). The van der Waals surface area contributed by atoms with Gasteiger partial charge in [-0.05, 0) is 35.9 Å². The molecule has 144 valence electrons. The first-order chi connectivity index (χ1) is 12.9. The van der Waals surface area contributed by atoms with Crippen molar-refractivity contribution in [3.63, 3.8) is 0 Å². The van der Waals surface area contributed by atoms with E-state index >= 15 is 0 Å². The second-order valence-corrected chi connectivity index (χ2v) is 8.31. The molecule has 6 nitrogen and oxygen atoms in total. The first-order valence-electron chi connectivity index (χ1n) is 8.28. The van der Waals surface area contributed by atoms with Crippen LogP contribution in [0.5, 0.6) is 0 Å². The van der Waals surface area contributed by atoms with E-state index in [0.717, 1.165) is 0 Å². The number of morpholine rings is 1. The highest BCUT2D eigenvalue weighted by atomic mass is 35.5. The van der Waals surface area contributed by atoms with Crippen molar-refractivity contribution in [2.75, 3.05) is 26.3 Å². The van der Waals surface area contributed by atoms with Crippen LogP contribution in [0.25, 0.3) is 0 Å². The van der Waals surface area contributed by atoms with Gasteiger partial charge in [0.05, 0.1) is 28.7 Å². The van der Waals surface area contributed by atoms with Gasteiger partial charge in [0.2, 0.25) is 10.0 Å². The van der Waals surface area contributed by atoms with Crippen molar-refractivity contribution >= 4 is 27.5 Å². The quantitative estimate of drug-likeness (QED) is 0.818. The molecule has 0 atom stereocenters. The predicted molar refractivity (Wildman–Crippen MR) is 98.6 cm³/mol. The van der Waals surface area contributed by atoms with Gasteiger partial charge in [-0.25, -0.2) is 12.8 Å². The van der Waals surface area contributed by atoms with Gasteiger partial charge in [-0.1, -0.05) is 23.7 Å². The molecule has 1 amide bonds. The van der Waals surface area contributed by atoms with Crippen LogP contribution in [0.3, 0.4) is 0 Å². The summed E-state index contributed by atoms with van der Waals surface area (Å²) in [7, 11) is -3.73. The Hall–Kier alpha value is -2.00. The van der Waals surface area contributed by atoms with E-state index in [4.69, 9.17) is 16.3 Å². The van der Waals surface area contributed by atoms with Crippen LogP contribution in [0.4, 0.5) is 4.39 Å². The highest BCUT2D eigenvalue weighted by molar-refractivity contribution is 7.89. The third-order valence-electron chi connectivity index (χ3n) is 4.16. The van der Waals surface area contributed by atoms with E-state index in [1.54, 1.807) is 12.1 Å². The molecule has 1 heterocycles. The van der Waals surface area contributed by atoms with Gasteiger partial charge in [0, 0.05) is 19.6 Å². The molecule has 1 N–H and O–H groups in total. The van der Waals surface area contributed by atoms with Gasteiger partial charge < -0.3 is 10.1 Å². The Bertz CT molecular complexity index is 929. The smallest absolute Gasteiger partial charge is 0.253 e. The van der Waals surface area contributed by atoms with Crippen molar-refractivity contribution in [3.05, 3.63) is 64.4 Å². The van der Waals surface area contributed by atoms with Crippen LogP contribution in [-0.4, -0.2) is 44.9 Å². The summed E-state index contributed by atoms with van der Waals surface area (Å²) in [5.41, 5.74) is 0.770. The molecule has 0 aromatic heterocycles. The number of ether oxygens (including phenoxy) is 1. The van der Waals surface area contributed by atoms with Crippen molar-refractivity contribution in [1.29, 1.82) is 0 Å². The Morgan fingerprint density at radius 2 is 1.81 bits per heavy atom. The zero-order chi connectivity index (χ0) is 19.4. The number of hydrogen-bond acceptors (Lipinski definition) is 4. The number of nitrogens with zero attached hydrogens (tertiary/aromatic N) is 1. The summed E-state index contributed by atoms with van der Waals surface area (Å²) in [4.78, 5) is 12.5. The van der Waals surface area contributed by atoms with Crippen LogP contribution in [0.2, 0.25) is 5.02 Å². The molecule has 1 fully saturated rings. The van der Waals surface area contributed by atoms with Crippen molar-refractivity contribution in [1.82, 2.24) is 9.62 Å². The molecule has 0 radical (unpaired) electrons. The van der Waals surface area contributed by atoms with Crippen LogP contribution in [-0.2, 0) is 21.3 Å². The summed E-state index contributed by atoms with van der Waals surface area (Å²) in [6.45, 7) is 1.35. The van der Waals surface area contributed by atoms with Crippen LogP contribution in [0.15, 0.2) is 47.4 Å². The summed E-state index contributed by atoms with van der Waals surface area (Å²) < 4.78 is 44.9. The molecular formula is C18H18ClFN2O4S. The zero-order valence-electron chi connectivity index (χ0n) is 14.3. The van der Waals surface area contributed by atoms with E-state index in [2.05, 4.69) is 5.32 Å². The Balaban J connectivity index is 1.78. The van der Waals surface area contributed by atoms with E-state index in [-0.39, 0.29) is 40.9 Å². The summed E-state index contributed by atoms with van der Waals surface area (Å²) in [5.74, 6) is -0.877. The second kappa shape index (κ2) is 8.35. The number of benzene rings is 2. The van der Waals surface area contributed by atoms with E-state index in [0.29, 0.717) is 18.8 Å². The Morgan fingerprint density at radius 1 is 1.15 bits per heavy atom. The molecular weight excluding hydrogens is 395 g/mol. The minimum atomic E-state index is -3.73. The average molecular weight is 413 g/mol. The highest BCUT2D eigenvalue weighted by Crippen LogP contribution is 2.23. The highest BCUT2D eigenvalue weighted by Gasteiger charge is 2.27. The van der Waals surface area contributed by atoms with Crippen LogP contribution >= 0.6 is 11.6 Å². The molecule has 0 bridgehead atoms. The molecule has 1 aliphatic heterocycles. The van der Waals surface area contributed by atoms with Crippen LogP contribution < -0.4 is 5.32 Å². The Morgan fingerprint density at radius 3 is 2.48 bits per heavy atom. The van der Waals surface area contributed by atoms with Gasteiger partial charge in [0.15, 0.2) is 0 Å². The molecule has 3 rings (SSSR count). The fourth-order valence-electron chi connectivity index (χ4n) is 2.65. The number of sulfonamides is 1. The molecule has 1 saturated heterocycles. The molecule has 9 heteroatoms. The van der Waals surface area contributed by atoms with Gasteiger partial charge in [-0.3, -0.25) is 4.79 Å². The number of halogens is 2. The molecule has 0 spiro atoms. The van der Waals surface area contributed by atoms with E-state index in [1.807, 2.05) is 0 Å². The topological polar surface area (TPSA) is 75.7 Å². The first kappa shape index (κ1) is 19.8. The number of rotatable bonds is 5. The molecule has 1 aliphatic rings. The number of nitrogens with one attached hydrogen (secondary N) is 1. The molecule has 2 aromatic carbocycles. The number of carbonyl (C=O) groups excluding carboxylic acids is 1. The summed E-state index contributed by atoms with van der Waals surface area (Å²) >= 11 is 6.09. The third kappa shape index (κ3) is 4.65. The monoisotopic (exact) mass is 412 g/mol. The summed E-state index contributed by atoms with van der Waals surface area (Å²) in [5, 5.41) is 2.81. The Labute approximate surface area is 161 Å². The molecule has 2 aromatic rings. The van der Waals surface area contributed by atoms with Crippen molar-refractivity contribution in [3.8, 4) is 0 Å². The van der Waals surface area contributed by atoms with Gasteiger partial charge >= 0.3 is 0 Å². The minimum absolute atomic E-state index is 0.000678. The molecule has 0 aliphatic carbocycles. The van der Waals surface area contributed by atoms with Crippen molar-refractivity contribution in [2.45, 2.75) is 11.4 Å². The number of carbonyl (C=O) groups is 1. The van der Waals surface area contributed by atoms with Gasteiger partial charge in [-0.15, -0.1) is 0 Å². The zero-order valence-corrected chi connectivity index (χ0v) is 15.9. The lowest BCUT2D eigenvalue weighted by atomic mass is 10.2. The first-order valence-corrected chi connectivity index (χ1v) is 10.1.